The number of nitrogens with two attached hydrogens (primary N) is 1. The molecular formula is C14H18F3NO2. The standard InChI is InChI=1S/C14H18F3NO2/c1-2-12(18)13(19,14(15,16)17)9-4-3-5-11(8-9)20-10-6-7-10/h3-5,8,10,12,19H,2,6-7,18H2,1H3. The summed E-state index contributed by atoms with van der Waals surface area (Å²) in [5.41, 5.74) is 2.18. The van der Waals surface area contributed by atoms with E-state index in [2.05, 4.69) is 0 Å². The summed E-state index contributed by atoms with van der Waals surface area (Å²) < 4.78 is 45.3. The molecule has 1 aliphatic carbocycles. The molecule has 1 aromatic carbocycles. The molecule has 112 valence electrons. The number of hydrogen-bond acceptors (Lipinski definition) is 3. The Morgan fingerprint density at radius 2 is 2.05 bits per heavy atom. The monoisotopic (exact) mass is 289 g/mol. The lowest BCUT2D eigenvalue weighted by atomic mass is 9.84. The van der Waals surface area contributed by atoms with Crippen molar-refractivity contribution in [2.24, 2.45) is 5.73 Å². The smallest absolute Gasteiger partial charge is 0.423 e. The van der Waals surface area contributed by atoms with Crippen molar-refractivity contribution in [1.82, 2.24) is 0 Å². The van der Waals surface area contributed by atoms with Gasteiger partial charge in [0.25, 0.3) is 0 Å². The molecule has 2 rings (SSSR count). The fourth-order valence-electron chi connectivity index (χ4n) is 2.07. The number of aliphatic hydroxyl groups is 1. The van der Waals surface area contributed by atoms with Crippen molar-refractivity contribution in [3.63, 3.8) is 0 Å². The molecule has 2 atom stereocenters. The minimum absolute atomic E-state index is 0.00369. The number of benzene rings is 1. The highest BCUT2D eigenvalue weighted by Gasteiger charge is 2.58. The molecule has 0 radical (unpaired) electrons. The Bertz CT molecular complexity index is 474. The summed E-state index contributed by atoms with van der Waals surface area (Å²) in [5.74, 6) is 0.330. The van der Waals surface area contributed by atoms with Crippen LogP contribution in [0.4, 0.5) is 13.2 Å². The van der Waals surface area contributed by atoms with Gasteiger partial charge in [0.2, 0.25) is 5.60 Å². The number of ether oxygens (including phenoxy) is 1. The first kappa shape index (κ1) is 15.1. The van der Waals surface area contributed by atoms with Crippen LogP contribution in [0.25, 0.3) is 0 Å². The lowest BCUT2D eigenvalue weighted by Crippen LogP contribution is -2.55. The van der Waals surface area contributed by atoms with Crippen LogP contribution >= 0.6 is 0 Å². The third-order valence-corrected chi connectivity index (χ3v) is 3.51. The van der Waals surface area contributed by atoms with Crippen LogP contribution in [0.5, 0.6) is 5.75 Å². The summed E-state index contributed by atoms with van der Waals surface area (Å²) in [7, 11) is 0. The van der Waals surface area contributed by atoms with Gasteiger partial charge in [-0.05, 0) is 37.0 Å². The average Bonchev–Trinajstić information content (AvgIpc) is 3.19. The van der Waals surface area contributed by atoms with Crippen LogP contribution in [-0.4, -0.2) is 23.4 Å². The van der Waals surface area contributed by atoms with Gasteiger partial charge in [-0.2, -0.15) is 13.2 Å². The van der Waals surface area contributed by atoms with Gasteiger partial charge in [-0.3, -0.25) is 0 Å². The van der Waals surface area contributed by atoms with Crippen LogP contribution in [0.2, 0.25) is 0 Å². The summed E-state index contributed by atoms with van der Waals surface area (Å²) in [6.45, 7) is 1.51. The van der Waals surface area contributed by atoms with Crippen molar-refractivity contribution in [3.8, 4) is 5.75 Å². The van der Waals surface area contributed by atoms with Crippen LogP contribution in [0, 0.1) is 0 Å². The second-order valence-corrected chi connectivity index (χ2v) is 5.12. The van der Waals surface area contributed by atoms with Crippen LogP contribution in [0.1, 0.15) is 31.7 Å². The minimum atomic E-state index is -4.85. The lowest BCUT2D eigenvalue weighted by Gasteiger charge is -2.35. The van der Waals surface area contributed by atoms with Crippen molar-refractivity contribution in [1.29, 1.82) is 0 Å². The van der Waals surface area contributed by atoms with Gasteiger partial charge in [0.15, 0.2) is 0 Å². The van der Waals surface area contributed by atoms with E-state index in [0.717, 1.165) is 12.8 Å². The normalized spacial score (nSPS) is 20.3. The highest BCUT2D eigenvalue weighted by atomic mass is 19.4. The third-order valence-electron chi connectivity index (χ3n) is 3.51. The van der Waals surface area contributed by atoms with Gasteiger partial charge >= 0.3 is 6.18 Å². The molecule has 0 heterocycles. The predicted molar refractivity (Wildman–Crippen MR) is 68.3 cm³/mol. The maximum absolute atomic E-state index is 13.3. The van der Waals surface area contributed by atoms with E-state index in [4.69, 9.17) is 10.5 Å². The zero-order chi connectivity index (χ0) is 15.0. The summed E-state index contributed by atoms with van der Waals surface area (Å²) in [4.78, 5) is 0. The molecule has 1 fully saturated rings. The minimum Gasteiger partial charge on any atom is -0.490 e. The molecule has 1 aromatic rings. The molecule has 3 nitrogen and oxygen atoms in total. The number of hydrogen-bond donors (Lipinski definition) is 2. The Kier molecular flexibility index (Phi) is 3.97. The summed E-state index contributed by atoms with van der Waals surface area (Å²) in [6, 6.07) is 4.03. The van der Waals surface area contributed by atoms with Gasteiger partial charge in [-0.1, -0.05) is 19.1 Å². The highest BCUT2D eigenvalue weighted by Crippen LogP contribution is 2.43. The van der Waals surface area contributed by atoms with E-state index < -0.39 is 17.8 Å². The molecular weight excluding hydrogens is 271 g/mol. The third kappa shape index (κ3) is 2.76. The summed E-state index contributed by atoms with van der Waals surface area (Å²) in [6.07, 6.45) is -2.96. The molecule has 0 amide bonds. The van der Waals surface area contributed by atoms with Crippen molar-refractivity contribution in [2.75, 3.05) is 0 Å². The van der Waals surface area contributed by atoms with Crippen molar-refractivity contribution >= 4 is 0 Å². The average molecular weight is 289 g/mol. The molecule has 2 unspecified atom stereocenters. The van der Waals surface area contributed by atoms with Crippen LogP contribution in [0.15, 0.2) is 24.3 Å². The number of rotatable bonds is 5. The van der Waals surface area contributed by atoms with E-state index in [1.807, 2.05) is 0 Å². The zero-order valence-electron chi connectivity index (χ0n) is 11.2. The highest BCUT2D eigenvalue weighted by molar-refractivity contribution is 5.35. The summed E-state index contributed by atoms with van der Waals surface area (Å²) in [5, 5.41) is 10.2. The largest absolute Gasteiger partial charge is 0.490 e. The van der Waals surface area contributed by atoms with Gasteiger partial charge in [0.1, 0.15) is 5.75 Å². The Hall–Kier alpha value is -1.27. The Labute approximate surface area is 115 Å². The van der Waals surface area contributed by atoms with Gasteiger partial charge in [-0.25, -0.2) is 0 Å². The first-order chi connectivity index (χ1) is 9.29. The fourth-order valence-corrected chi connectivity index (χ4v) is 2.07. The molecule has 20 heavy (non-hydrogen) atoms. The Balaban J connectivity index is 2.37. The maximum Gasteiger partial charge on any atom is 0.423 e. The first-order valence-corrected chi connectivity index (χ1v) is 6.61. The van der Waals surface area contributed by atoms with Gasteiger partial charge < -0.3 is 15.6 Å². The van der Waals surface area contributed by atoms with Gasteiger partial charge in [0, 0.05) is 6.04 Å². The van der Waals surface area contributed by atoms with Crippen LogP contribution in [-0.2, 0) is 5.60 Å². The fraction of sp³-hybridized carbons (Fsp3) is 0.571. The lowest BCUT2D eigenvalue weighted by molar-refractivity contribution is -0.274. The molecule has 0 aromatic heterocycles. The first-order valence-electron chi connectivity index (χ1n) is 6.61. The van der Waals surface area contributed by atoms with Crippen molar-refractivity contribution < 1.29 is 23.0 Å². The van der Waals surface area contributed by atoms with E-state index in [1.54, 1.807) is 6.07 Å². The number of halogens is 3. The van der Waals surface area contributed by atoms with E-state index >= 15 is 0 Å². The molecule has 0 spiro atoms. The Morgan fingerprint density at radius 3 is 2.55 bits per heavy atom. The molecule has 0 saturated heterocycles. The van der Waals surface area contributed by atoms with Gasteiger partial charge in [0.05, 0.1) is 6.10 Å². The van der Waals surface area contributed by atoms with Crippen LogP contribution < -0.4 is 10.5 Å². The Morgan fingerprint density at radius 1 is 1.40 bits per heavy atom. The van der Waals surface area contributed by atoms with E-state index in [1.165, 1.54) is 25.1 Å². The quantitative estimate of drug-likeness (QED) is 0.876. The van der Waals surface area contributed by atoms with E-state index in [0.29, 0.717) is 5.75 Å². The van der Waals surface area contributed by atoms with Crippen molar-refractivity contribution in [3.05, 3.63) is 29.8 Å². The maximum atomic E-state index is 13.3. The number of alkyl halides is 3. The molecule has 0 aliphatic heterocycles. The topological polar surface area (TPSA) is 55.5 Å². The molecule has 6 heteroatoms. The second kappa shape index (κ2) is 5.26. The van der Waals surface area contributed by atoms with Crippen molar-refractivity contribution in [2.45, 2.75) is 50.1 Å². The predicted octanol–water partition coefficient (Wildman–Crippen LogP) is 2.72. The summed E-state index contributed by atoms with van der Waals surface area (Å²) >= 11 is 0. The molecule has 0 bridgehead atoms. The molecule has 3 N–H and O–H groups in total. The van der Waals surface area contributed by atoms with E-state index in [9.17, 15) is 18.3 Å². The van der Waals surface area contributed by atoms with Crippen LogP contribution in [0.3, 0.4) is 0 Å². The molecule has 1 aliphatic rings. The van der Waals surface area contributed by atoms with E-state index in [-0.39, 0.29) is 18.1 Å². The zero-order valence-corrected chi connectivity index (χ0v) is 11.2. The second-order valence-electron chi connectivity index (χ2n) is 5.12. The SMILES string of the molecule is CCC(N)C(O)(c1cccc(OC2CC2)c1)C(F)(F)F. The van der Waals surface area contributed by atoms with Gasteiger partial charge in [-0.15, -0.1) is 0 Å². The molecule has 1 saturated carbocycles.